The molecule has 92 valence electrons. The molecule has 1 rings (SSSR count). The molecule has 17 heavy (non-hydrogen) atoms. The zero-order valence-corrected chi connectivity index (χ0v) is 11.0. The van der Waals surface area contributed by atoms with Gasteiger partial charge in [-0.25, -0.2) is 0 Å². The van der Waals surface area contributed by atoms with Crippen molar-refractivity contribution in [3.8, 4) is 5.75 Å². The van der Waals surface area contributed by atoms with E-state index in [9.17, 15) is 5.11 Å². The summed E-state index contributed by atoms with van der Waals surface area (Å²) < 4.78 is 0. The number of aryl methyl sites for hydroxylation is 1. The van der Waals surface area contributed by atoms with E-state index in [1.807, 2.05) is 19.1 Å². The van der Waals surface area contributed by atoms with Crippen LogP contribution in [-0.2, 0) is 6.42 Å². The Morgan fingerprint density at radius 2 is 2.12 bits per heavy atom. The molecule has 1 aromatic carbocycles. The molecule has 0 aliphatic rings. The molecule has 0 atom stereocenters. The van der Waals surface area contributed by atoms with E-state index < -0.39 is 0 Å². The Labute approximate surface area is 104 Å². The highest BCUT2D eigenvalue weighted by Gasteiger charge is 1.98. The molecule has 0 spiro atoms. The van der Waals surface area contributed by atoms with Crippen LogP contribution >= 0.6 is 0 Å². The lowest BCUT2D eigenvalue weighted by Gasteiger charge is -2.04. The highest BCUT2D eigenvalue weighted by atomic mass is 16.3. The molecular formula is C16H22O. The number of phenolic OH excluding ortho intramolecular Hbond substituents is 1. The van der Waals surface area contributed by atoms with E-state index >= 15 is 0 Å². The second kappa shape index (κ2) is 6.95. The van der Waals surface area contributed by atoms with Gasteiger partial charge in [-0.3, -0.25) is 0 Å². The van der Waals surface area contributed by atoms with E-state index in [-0.39, 0.29) is 0 Å². The van der Waals surface area contributed by atoms with Crippen LogP contribution in [0.3, 0.4) is 0 Å². The van der Waals surface area contributed by atoms with Gasteiger partial charge in [-0.05, 0) is 63.3 Å². The van der Waals surface area contributed by atoms with Gasteiger partial charge in [0, 0.05) is 0 Å². The minimum absolute atomic E-state index is 0.347. The molecule has 0 amide bonds. The van der Waals surface area contributed by atoms with E-state index in [2.05, 4.69) is 32.1 Å². The lowest BCUT2D eigenvalue weighted by molar-refractivity contribution is 0.474. The van der Waals surface area contributed by atoms with Crippen LogP contribution in [0.4, 0.5) is 0 Å². The number of hydrogen-bond donors (Lipinski definition) is 1. The molecule has 1 nitrogen and oxygen atoms in total. The van der Waals surface area contributed by atoms with Gasteiger partial charge >= 0.3 is 0 Å². The monoisotopic (exact) mass is 230 g/mol. The third-order valence-corrected chi connectivity index (χ3v) is 2.94. The summed E-state index contributed by atoms with van der Waals surface area (Å²) in [5, 5.41) is 9.34. The summed E-state index contributed by atoms with van der Waals surface area (Å²) in [5.74, 6) is 0.347. The van der Waals surface area contributed by atoms with Gasteiger partial charge in [0.25, 0.3) is 0 Å². The van der Waals surface area contributed by atoms with E-state index in [0.29, 0.717) is 5.75 Å². The summed E-state index contributed by atoms with van der Waals surface area (Å²) in [4.78, 5) is 0. The summed E-state index contributed by atoms with van der Waals surface area (Å²) in [6, 6.07) is 5.57. The molecule has 0 saturated carbocycles. The summed E-state index contributed by atoms with van der Waals surface area (Å²) >= 11 is 0. The largest absolute Gasteiger partial charge is 0.508 e. The van der Waals surface area contributed by atoms with Crippen LogP contribution in [0.25, 0.3) is 0 Å². The van der Waals surface area contributed by atoms with Crippen molar-refractivity contribution in [3.63, 3.8) is 0 Å². The Morgan fingerprint density at radius 1 is 1.35 bits per heavy atom. The normalized spacial score (nSPS) is 12.3. The van der Waals surface area contributed by atoms with Gasteiger partial charge in [-0.2, -0.15) is 0 Å². The first-order valence-electron chi connectivity index (χ1n) is 6.18. The Bertz CT molecular complexity index is 414. The maximum Gasteiger partial charge on any atom is 0.115 e. The second-order valence-corrected chi connectivity index (χ2v) is 4.47. The minimum Gasteiger partial charge on any atom is -0.508 e. The van der Waals surface area contributed by atoms with E-state index in [1.54, 1.807) is 6.07 Å². The van der Waals surface area contributed by atoms with Crippen LogP contribution in [0.2, 0.25) is 0 Å². The minimum atomic E-state index is 0.347. The number of rotatable bonds is 5. The molecular weight excluding hydrogens is 208 g/mol. The molecule has 0 saturated heterocycles. The van der Waals surface area contributed by atoms with Crippen LogP contribution < -0.4 is 0 Å². The summed E-state index contributed by atoms with van der Waals surface area (Å²) in [6.45, 7) is 6.27. The van der Waals surface area contributed by atoms with Gasteiger partial charge < -0.3 is 5.11 Å². The van der Waals surface area contributed by atoms with Crippen molar-refractivity contribution in [1.82, 2.24) is 0 Å². The molecule has 0 unspecified atom stereocenters. The molecule has 0 aromatic heterocycles. The average molecular weight is 230 g/mol. The first kappa shape index (κ1) is 13.6. The van der Waals surface area contributed by atoms with E-state index in [1.165, 1.54) is 11.1 Å². The number of allylic oxidation sites excluding steroid dienone is 4. The van der Waals surface area contributed by atoms with Crippen molar-refractivity contribution in [3.05, 3.63) is 53.1 Å². The zero-order chi connectivity index (χ0) is 12.7. The van der Waals surface area contributed by atoms with Gasteiger partial charge in [0.2, 0.25) is 0 Å². The van der Waals surface area contributed by atoms with Crippen LogP contribution in [0.5, 0.6) is 5.75 Å². The number of aromatic hydroxyl groups is 1. The maximum absolute atomic E-state index is 9.34. The van der Waals surface area contributed by atoms with Crippen molar-refractivity contribution in [2.45, 2.75) is 40.0 Å². The smallest absolute Gasteiger partial charge is 0.115 e. The number of hydrogen-bond acceptors (Lipinski definition) is 1. The van der Waals surface area contributed by atoms with Crippen molar-refractivity contribution in [2.75, 3.05) is 0 Å². The number of phenols is 1. The fourth-order valence-corrected chi connectivity index (χ4v) is 1.77. The molecule has 0 aliphatic carbocycles. The van der Waals surface area contributed by atoms with Crippen LogP contribution in [-0.4, -0.2) is 5.11 Å². The van der Waals surface area contributed by atoms with Gasteiger partial charge in [0.1, 0.15) is 5.75 Å². The van der Waals surface area contributed by atoms with Crippen molar-refractivity contribution in [2.24, 2.45) is 0 Å². The first-order valence-corrected chi connectivity index (χ1v) is 6.18. The Hall–Kier alpha value is -1.50. The third-order valence-electron chi connectivity index (χ3n) is 2.94. The third kappa shape index (κ3) is 4.90. The molecule has 1 heteroatoms. The highest BCUT2D eigenvalue weighted by Crippen LogP contribution is 2.17. The van der Waals surface area contributed by atoms with Crippen molar-refractivity contribution in [1.29, 1.82) is 0 Å². The van der Waals surface area contributed by atoms with Crippen molar-refractivity contribution >= 4 is 0 Å². The lowest BCUT2D eigenvalue weighted by atomic mass is 10.0. The molecule has 0 radical (unpaired) electrons. The van der Waals surface area contributed by atoms with Gasteiger partial charge in [-0.15, -0.1) is 0 Å². The molecule has 1 N–H and O–H groups in total. The molecule has 1 aromatic rings. The molecule has 0 aliphatic heterocycles. The van der Waals surface area contributed by atoms with Crippen LogP contribution in [0, 0.1) is 6.92 Å². The van der Waals surface area contributed by atoms with E-state index in [4.69, 9.17) is 0 Å². The SMILES string of the molecule is C/C=C\CC/C(C)=C/Cc1ccc(O)cc1C. The quantitative estimate of drug-likeness (QED) is 0.736. The second-order valence-electron chi connectivity index (χ2n) is 4.47. The first-order chi connectivity index (χ1) is 8.13. The zero-order valence-electron chi connectivity index (χ0n) is 11.0. The number of benzene rings is 1. The summed E-state index contributed by atoms with van der Waals surface area (Å²) in [6.07, 6.45) is 9.77. The predicted octanol–water partition coefficient (Wildman–Crippen LogP) is 4.55. The Kier molecular flexibility index (Phi) is 5.55. The Morgan fingerprint density at radius 3 is 2.76 bits per heavy atom. The molecule has 0 heterocycles. The highest BCUT2D eigenvalue weighted by molar-refractivity contribution is 5.35. The Balaban J connectivity index is 2.56. The van der Waals surface area contributed by atoms with Crippen molar-refractivity contribution < 1.29 is 5.11 Å². The van der Waals surface area contributed by atoms with E-state index in [0.717, 1.165) is 24.8 Å². The fourth-order valence-electron chi connectivity index (χ4n) is 1.77. The average Bonchev–Trinajstić information content (AvgIpc) is 2.28. The molecule has 0 bridgehead atoms. The standard InChI is InChI=1S/C16H22O/c1-4-5-6-7-13(2)8-9-15-10-11-16(17)12-14(15)3/h4-5,8,10-12,17H,6-7,9H2,1-3H3/b5-4-,13-8+. The topological polar surface area (TPSA) is 20.2 Å². The lowest BCUT2D eigenvalue weighted by Crippen LogP contribution is -1.88. The molecule has 0 fully saturated rings. The van der Waals surface area contributed by atoms with Gasteiger partial charge in [0.05, 0.1) is 0 Å². The van der Waals surface area contributed by atoms with Crippen LogP contribution in [0.1, 0.15) is 37.8 Å². The maximum atomic E-state index is 9.34. The fraction of sp³-hybridized carbons (Fsp3) is 0.375. The summed E-state index contributed by atoms with van der Waals surface area (Å²) in [5.41, 5.74) is 3.87. The predicted molar refractivity (Wildman–Crippen MR) is 74.4 cm³/mol. The summed E-state index contributed by atoms with van der Waals surface area (Å²) in [7, 11) is 0. The van der Waals surface area contributed by atoms with Crippen LogP contribution in [0.15, 0.2) is 42.0 Å². The van der Waals surface area contributed by atoms with Gasteiger partial charge in [0.15, 0.2) is 0 Å². The van der Waals surface area contributed by atoms with Gasteiger partial charge in [-0.1, -0.05) is 29.9 Å².